The molecule has 128 valence electrons. The van der Waals surface area contributed by atoms with Gasteiger partial charge >= 0.3 is 6.11 Å². The summed E-state index contributed by atoms with van der Waals surface area (Å²) in [5.74, 6) is -4.33. The third-order valence-corrected chi connectivity index (χ3v) is 3.53. The normalized spacial score (nSPS) is 11.4. The molecule has 0 aliphatic rings. The first-order chi connectivity index (χ1) is 11.9. The van der Waals surface area contributed by atoms with Crippen LogP contribution in [0.1, 0.15) is 5.56 Å². The average Bonchev–Trinajstić information content (AvgIpc) is 2.58. The van der Waals surface area contributed by atoms with Gasteiger partial charge in [-0.25, -0.2) is 13.2 Å². The van der Waals surface area contributed by atoms with Crippen molar-refractivity contribution in [3.05, 3.63) is 89.7 Å². The van der Waals surface area contributed by atoms with Crippen LogP contribution < -0.4 is 4.74 Å². The molecule has 0 atom stereocenters. The largest absolute Gasteiger partial charge is 0.429 e. The second-order valence-electron chi connectivity index (χ2n) is 5.26. The summed E-state index contributed by atoms with van der Waals surface area (Å²) in [6, 6.07) is 13.8. The molecule has 0 aromatic heterocycles. The highest BCUT2D eigenvalue weighted by Gasteiger charge is 2.38. The molecule has 1 nitrogen and oxygen atoms in total. The van der Waals surface area contributed by atoms with Crippen molar-refractivity contribution in [3.8, 4) is 16.9 Å². The molecule has 0 unspecified atom stereocenters. The van der Waals surface area contributed by atoms with Crippen LogP contribution in [0.15, 0.2) is 66.7 Å². The molecule has 0 heterocycles. The highest BCUT2D eigenvalue weighted by atomic mass is 19.3. The highest BCUT2D eigenvalue weighted by molar-refractivity contribution is 5.63. The zero-order valence-corrected chi connectivity index (χ0v) is 12.6. The number of ether oxygens (including phenoxy) is 1. The molecule has 0 aliphatic heterocycles. The summed E-state index contributed by atoms with van der Waals surface area (Å²) in [6.45, 7) is 0. The van der Waals surface area contributed by atoms with Gasteiger partial charge in [-0.2, -0.15) is 8.78 Å². The van der Waals surface area contributed by atoms with Crippen LogP contribution in [-0.2, 0) is 6.11 Å². The fraction of sp³-hybridized carbons (Fsp3) is 0.0526. The number of rotatable bonds is 4. The summed E-state index contributed by atoms with van der Waals surface area (Å²) in [4.78, 5) is 0. The van der Waals surface area contributed by atoms with E-state index < -0.39 is 34.9 Å². The van der Waals surface area contributed by atoms with Crippen LogP contribution >= 0.6 is 0 Å². The molecule has 3 rings (SSSR count). The van der Waals surface area contributed by atoms with Gasteiger partial charge in [0.05, 0.1) is 5.56 Å². The predicted molar refractivity (Wildman–Crippen MR) is 82.7 cm³/mol. The lowest BCUT2D eigenvalue weighted by Gasteiger charge is -2.19. The Morgan fingerprint density at radius 2 is 1.36 bits per heavy atom. The van der Waals surface area contributed by atoms with Gasteiger partial charge in [-0.1, -0.05) is 36.4 Å². The summed E-state index contributed by atoms with van der Waals surface area (Å²) < 4.78 is 72.9. The topological polar surface area (TPSA) is 9.23 Å². The van der Waals surface area contributed by atoms with Gasteiger partial charge in [0.25, 0.3) is 0 Å². The maximum absolute atomic E-state index is 14.2. The van der Waals surface area contributed by atoms with Crippen LogP contribution in [-0.4, -0.2) is 0 Å². The van der Waals surface area contributed by atoms with Gasteiger partial charge in [-0.05, 0) is 35.4 Å². The second-order valence-corrected chi connectivity index (χ2v) is 5.26. The molecular weight excluding hydrogens is 339 g/mol. The zero-order chi connectivity index (χ0) is 18.0. The molecule has 0 fully saturated rings. The fourth-order valence-electron chi connectivity index (χ4n) is 2.30. The lowest BCUT2D eigenvalue weighted by Crippen LogP contribution is -2.23. The van der Waals surface area contributed by atoms with E-state index in [9.17, 15) is 22.0 Å². The second kappa shape index (κ2) is 6.55. The summed E-state index contributed by atoms with van der Waals surface area (Å²) >= 11 is 0. The van der Waals surface area contributed by atoms with E-state index in [1.54, 1.807) is 30.3 Å². The Bertz CT molecular complexity index is 894. The minimum atomic E-state index is -4.05. The van der Waals surface area contributed by atoms with Gasteiger partial charge in [0.15, 0.2) is 11.6 Å². The average molecular weight is 350 g/mol. The Labute approximate surface area is 140 Å². The number of alkyl halides is 2. The number of hydrogen-bond donors (Lipinski definition) is 0. The fourth-order valence-corrected chi connectivity index (χ4v) is 2.30. The first-order valence-electron chi connectivity index (χ1n) is 7.24. The first kappa shape index (κ1) is 17.0. The van der Waals surface area contributed by atoms with Crippen molar-refractivity contribution < 1.29 is 26.7 Å². The maximum atomic E-state index is 14.2. The van der Waals surface area contributed by atoms with Crippen molar-refractivity contribution in [2.75, 3.05) is 0 Å². The summed E-state index contributed by atoms with van der Waals surface area (Å²) in [6.07, 6.45) is -4.05. The summed E-state index contributed by atoms with van der Waals surface area (Å²) in [7, 11) is 0. The van der Waals surface area contributed by atoms with E-state index in [1.165, 1.54) is 6.07 Å². The van der Waals surface area contributed by atoms with Gasteiger partial charge in [0.1, 0.15) is 11.6 Å². The van der Waals surface area contributed by atoms with E-state index in [-0.39, 0.29) is 0 Å². The Kier molecular flexibility index (Phi) is 4.44. The van der Waals surface area contributed by atoms with Gasteiger partial charge in [-0.15, -0.1) is 0 Å². The van der Waals surface area contributed by atoms with Gasteiger partial charge in [-0.3, -0.25) is 0 Å². The van der Waals surface area contributed by atoms with E-state index >= 15 is 0 Å². The molecule has 25 heavy (non-hydrogen) atoms. The predicted octanol–water partition coefficient (Wildman–Crippen LogP) is 5.90. The highest BCUT2D eigenvalue weighted by Crippen LogP contribution is 2.35. The lowest BCUT2D eigenvalue weighted by atomic mass is 10.0. The quantitative estimate of drug-likeness (QED) is 0.532. The van der Waals surface area contributed by atoms with Crippen molar-refractivity contribution in [1.29, 1.82) is 0 Å². The number of hydrogen-bond acceptors (Lipinski definition) is 1. The van der Waals surface area contributed by atoms with Gasteiger partial charge < -0.3 is 4.74 Å². The molecule has 3 aromatic carbocycles. The van der Waals surface area contributed by atoms with E-state index in [0.29, 0.717) is 23.3 Å². The van der Waals surface area contributed by atoms with Crippen molar-refractivity contribution in [2.24, 2.45) is 0 Å². The third-order valence-electron chi connectivity index (χ3n) is 3.53. The van der Waals surface area contributed by atoms with Crippen molar-refractivity contribution in [1.82, 2.24) is 0 Å². The van der Waals surface area contributed by atoms with Gasteiger partial charge in [0, 0.05) is 6.07 Å². The number of benzene rings is 3. The van der Waals surface area contributed by atoms with Crippen LogP contribution in [0.3, 0.4) is 0 Å². The minimum Gasteiger partial charge on any atom is -0.429 e. The third kappa shape index (κ3) is 3.63. The molecule has 0 bridgehead atoms. The molecule has 0 saturated carbocycles. The van der Waals surface area contributed by atoms with E-state index in [2.05, 4.69) is 4.74 Å². The lowest BCUT2D eigenvalue weighted by molar-refractivity contribution is -0.187. The van der Waals surface area contributed by atoms with Crippen LogP contribution in [0, 0.1) is 17.5 Å². The molecular formula is C19H11F5O. The van der Waals surface area contributed by atoms with E-state index in [1.807, 2.05) is 0 Å². The van der Waals surface area contributed by atoms with Crippen LogP contribution in [0.2, 0.25) is 0 Å². The molecule has 3 aromatic rings. The summed E-state index contributed by atoms with van der Waals surface area (Å²) in [5.41, 5.74) is 0.0835. The van der Waals surface area contributed by atoms with Crippen LogP contribution in [0.5, 0.6) is 5.75 Å². The van der Waals surface area contributed by atoms with Crippen molar-refractivity contribution >= 4 is 0 Å². The van der Waals surface area contributed by atoms with E-state index in [4.69, 9.17) is 0 Å². The molecule has 6 heteroatoms. The molecule has 0 N–H and O–H groups in total. The Balaban J connectivity index is 1.90. The Hall–Kier alpha value is -2.89. The SMILES string of the molecule is Fc1ccc(OC(F)(F)c2ccc(-c3ccccc3)cc2F)cc1F. The molecule has 0 aliphatic carbocycles. The maximum Gasteiger partial charge on any atom is 0.429 e. The first-order valence-corrected chi connectivity index (χ1v) is 7.24. The monoisotopic (exact) mass is 350 g/mol. The van der Waals surface area contributed by atoms with Crippen molar-refractivity contribution in [2.45, 2.75) is 6.11 Å². The van der Waals surface area contributed by atoms with Gasteiger partial charge in [0.2, 0.25) is 0 Å². The summed E-state index contributed by atoms with van der Waals surface area (Å²) in [5, 5.41) is 0. The standard InChI is InChI=1S/C19H11F5O/c20-16-9-7-14(11-18(16)22)25-19(23,24)15-8-6-13(10-17(15)21)12-4-2-1-3-5-12/h1-11H. The van der Waals surface area contributed by atoms with Crippen molar-refractivity contribution in [3.63, 3.8) is 0 Å². The molecule has 0 saturated heterocycles. The van der Waals surface area contributed by atoms with Crippen LogP contribution in [0.4, 0.5) is 22.0 Å². The number of halogens is 5. The zero-order valence-electron chi connectivity index (χ0n) is 12.6. The Morgan fingerprint density at radius 3 is 2.00 bits per heavy atom. The minimum absolute atomic E-state index is 0.422. The molecule has 0 radical (unpaired) electrons. The van der Waals surface area contributed by atoms with E-state index in [0.717, 1.165) is 18.2 Å². The Morgan fingerprint density at radius 1 is 0.640 bits per heavy atom. The van der Waals surface area contributed by atoms with Crippen LogP contribution in [0.25, 0.3) is 11.1 Å². The molecule has 0 amide bonds. The molecule has 0 spiro atoms. The smallest absolute Gasteiger partial charge is 0.429 e.